The van der Waals surface area contributed by atoms with Crippen LogP contribution < -0.4 is 10.6 Å². The molecule has 2 unspecified atom stereocenters. The first-order valence-electron chi connectivity index (χ1n) is 13.7. The summed E-state index contributed by atoms with van der Waals surface area (Å²) >= 11 is 1.59. The van der Waals surface area contributed by atoms with Gasteiger partial charge >= 0.3 is 6.09 Å². The lowest BCUT2D eigenvalue weighted by molar-refractivity contribution is -0.142. The molecule has 0 aromatic heterocycles. The minimum Gasteiger partial charge on any atom is -0.444 e. The molecule has 0 spiro atoms. The first-order valence-corrected chi connectivity index (χ1v) is 15.1. The van der Waals surface area contributed by atoms with Crippen LogP contribution >= 0.6 is 11.8 Å². The van der Waals surface area contributed by atoms with Crippen LogP contribution in [-0.4, -0.2) is 59.5 Å². The molecule has 2 atom stereocenters. The van der Waals surface area contributed by atoms with Crippen molar-refractivity contribution < 1.29 is 19.1 Å². The number of benzene rings is 1. The highest BCUT2D eigenvalue weighted by Gasteiger charge is 2.36. The highest BCUT2D eigenvalue weighted by Crippen LogP contribution is 2.27. The third-order valence-electron chi connectivity index (χ3n) is 5.94. The number of thioether (sulfide) groups is 1. The van der Waals surface area contributed by atoms with E-state index in [9.17, 15) is 14.4 Å². The first-order chi connectivity index (χ1) is 18.1. The van der Waals surface area contributed by atoms with Gasteiger partial charge in [-0.1, -0.05) is 63.7 Å². The van der Waals surface area contributed by atoms with Crippen LogP contribution in [0.1, 0.15) is 96.7 Å². The van der Waals surface area contributed by atoms with Gasteiger partial charge in [0.15, 0.2) is 0 Å². The Hall–Kier alpha value is -2.66. The lowest BCUT2D eigenvalue weighted by Crippen LogP contribution is -2.53. The molecule has 0 saturated heterocycles. The Bertz CT molecular complexity index is 923. The summed E-state index contributed by atoms with van der Waals surface area (Å²) in [5.41, 5.74) is 0.466. The maximum Gasteiger partial charge on any atom is 0.408 e. The van der Waals surface area contributed by atoms with Gasteiger partial charge in [0.2, 0.25) is 11.8 Å². The summed E-state index contributed by atoms with van der Waals surface area (Å²) in [6, 6.07) is 5.49. The molecule has 0 bridgehead atoms. The predicted octanol–water partition coefficient (Wildman–Crippen LogP) is 5.68. The third kappa shape index (κ3) is 11.8. The summed E-state index contributed by atoms with van der Waals surface area (Å²) in [5, 5.41) is 5.79. The molecular formula is C30H47N3O4S. The first kappa shape index (κ1) is 33.4. The molecule has 8 heteroatoms. The molecule has 7 nitrogen and oxygen atoms in total. The van der Waals surface area contributed by atoms with Crippen molar-refractivity contribution in [2.75, 3.05) is 25.1 Å². The van der Waals surface area contributed by atoms with E-state index in [0.717, 1.165) is 38.5 Å². The minimum atomic E-state index is -0.912. The number of ether oxygens (including phenoxy) is 1. The van der Waals surface area contributed by atoms with Gasteiger partial charge in [0.05, 0.1) is 0 Å². The minimum absolute atomic E-state index is 0.272. The zero-order valence-corrected chi connectivity index (χ0v) is 24.9. The number of terminal acetylenes is 1. The Morgan fingerprint density at radius 1 is 1.08 bits per heavy atom. The summed E-state index contributed by atoms with van der Waals surface area (Å²) in [6.45, 7) is 10.4. The number of amides is 3. The molecule has 2 N–H and O–H groups in total. The van der Waals surface area contributed by atoms with E-state index in [1.165, 1.54) is 0 Å². The second-order valence-corrected chi connectivity index (χ2v) is 11.3. The van der Waals surface area contributed by atoms with Gasteiger partial charge < -0.3 is 20.3 Å². The van der Waals surface area contributed by atoms with E-state index in [0.29, 0.717) is 36.4 Å². The Morgan fingerprint density at radius 3 is 2.37 bits per heavy atom. The number of carbonyl (C=O) groups is 3. The molecule has 38 heavy (non-hydrogen) atoms. The van der Waals surface area contributed by atoms with Crippen LogP contribution in [-0.2, 0) is 14.3 Å². The smallest absolute Gasteiger partial charge is 0.408 e. The van der Waals surface area contributed by atoms with Crippen molar-refractivity contribution in [2.24, 2.45) is 0 Å². The van der Waals surface area contributed by atoms with Crippen LogP contribution in [0.3, 0.4) is 0 Å². The molecule has 0 aliphatic rings. The number of nitrogens with one attached hydrogen (secondary N) is 2. The fraction of sp³-hybridized carbons (Fsp3) is 0.633. The molecule has 0 radical (unpaired) electrons. The number of nitrogens with zero attached hydrogens (tertiary/aromatic N) is 1. The van der Waals surface area contributed by atoms with Crippen LogP contribution in [0.15, 0.2) is 24.3 Å². The number of alkyl carbamates (subject to hydrolysis) is 1. The van der Waals surface area contributed by atoms with Gasteiger partial charge in [0.1, 0.15) is 17.7 Å². The largest absolute Gasteiger partial charge is 0.444 e. The lowest BCUT2D eigenvalue weighted by atomic mass is 9.97. The zero-order valence-electron chi connectivity index (χ0n) is 24.1. The Labute approximate surface area is 234 Å². The number of carbonyl (C=O) groups excluding carboxylic acids is 3. The maximum atomic E-state index is 14.2. The monoisotopic (exact) mass is 545 g/mol. The number of unbranched alkanes of at least 4 members (excludes halogenated alkanes) is 4. The van der Waals surface area contributed by atoms with E-state index in [-0.39, 0.29) is 11.8 Å². The Kier molecular flexibility index (Phi) is 15.6. The van der Waals surface area contributed by atoms with Crippen LogP contribution in [0.25, 0.3) is 0 Å². The molecule has 1 aromatic carbocycles. The standard InChI is InChI=1S/C30H47N3O4S/c1-8-11-13-16-21-33(28(35)25(19-22-38-7)32-29(36)37-30(4,5)6)26(27(34)31-20-12-9-2)24-18-15-14-17-23(24)10-3/h3,14-15,17-18,25-26H,8-9,11-13,16,19-22H2,1-2,4-7H3,(H,31,34)(H,32,36). The maximum absolute atomic E-state index is 14.2. The lowest BCUT2D eigenvalue weighted by Gasteiger charge is -2.35. The molecule has 212 valence electrons. The van der Waals surface area contributed by atoms with Gasteiger partial charge in [0, 0.05) is 18.7 Å². The quantitative estimate of drug-likeness (QED) is 0.206. The molecule has 0 heterocycles. The van der Waals surface area contributed by atoms with Crippen LogP contribution in [0.4, 0.5) is 4.79 Å². The fourth-order valence-corrected chi connectivity index (χ4v) is 4.49. The highest BCUT2D eigenvalue weighted by atomic mass is 32.2. The topological polar surface area (TPSA) is 87.7 Å². The average molecular weight is 546 g/mol. The summed E-state index contributed by atoms with van der Waals surface area (Å²) in [4.78, 5) is 42.2. The zero-order chi connectivity index (χ0) is 28.6. The third-order valence-corrected chi connectivity index (χ3v) is 6.58. The van der Waals surface area contributed by atoms with Crippen molar-refractivity contribution in [3.63, 3.8) is 0 Å². The predicted molar refractivity (Wildman–Crippen MR) is 157 cm³/mol. The molecule has 0 aliphatic heterocycles. The fourth-order valence-electron chi connectivity index (χ4n) is 4.02. The van der Waals surface area contributed by atoms with Gasteiger partial charge in [0.25, 0.3) is 0 Å². The number of hydrogen-bond donors (Lipinski definition) is 2. The van der Waals surface area contributed by atoms with Crippen LogP contribution in [0.2, 0.25) is 0 Å². The number of hydrogen-bond acceptors (Lipinski definition) is 5. The van der Waals surface area contributed by atoms with Crippen molar-refractivity contribution in [2.45, 2.75) is 97.2 Å². The molecule has 0 saturated carbocycles. The molecule has 3 amide bonds. The summed E-state index contributed by atoms with van der Waals surface area (Å²) in [6.07, 6.45) is 13.0. The van der Waals surface area contributed by atoms with Crippen molar-refractivity contribution in [1.82, 2.24) is 15.5 Å². The van der Waals surface area contributed by atoms with Crippen molar-refractivity contribution in [1.29, 1.82) is 0 Å². The van der Waals surface area contributed by atoms with Gasteiger partial charge in [-0.05, 0) is 63.7 Å². The van der Waals surface area contributed by atoms with E-state index >= 15 is 0 Å². The van der Waals surface area contributed by atoms with E-state index in [1.807, 2.05) is 24.5 Å². The molecule has 1 aromatic rings. The second kappa shape index (κ2) is 17.8. The molecular weight excluding hydrogens is 498 g/mol. The van der Waals surface area contributed by atoms with Gasteiger partial charge in [-0.15, -0.1) is 6.42 Å². The van der Waals surface area contributed by atoms with Crippen molar-refractivity contribution >= 4 is 29.7 Å². The summed E-state index contributed by atoms with van der Waals surface area (Å²) in [7, 11) is 0. The SMILES string of the molecule is C#Cc1ccccc1C(C(=O)NCCCC)N(CCCCCC)C(=O)C(CCSC)NC(=O)OC(C)(C)C. The second-order valence-electron chi connectivity index (χ2n) is 10.4. The van der Waals surface area contributed by atoms with Gasteiger partial charge in [-0.2, -0.15) is 11.8 Å². The van der Waals surface area contributed by atoms with E-state index in [4.69, 9.17) is 11.2 Å². The van der Waals surface area contributed by atoms with Crippen LogP contribution in [0, 0.1) is 12.3 Å². The highest BCUT2D eigenvalue weighted by molar-refractivity contribution is 7.98. The van der Waals surface area contributed by atoms with E-state index in [2.05, 4.69) is 30.4 Å². The Balaban J connectivity index is 3.50. The van der Waals surface area contributed by atoms with E-state index in [1.54, 1.807) is 43.5 Å². The van der Waals surface area contributed by atoms with Crippen molar-refractivity contribution in [3.8, 4) is 12.3 Å². The average Bonchev–Trinajstić information content (AvgIpc) is 2.87. The summed E-state index contributed by atoms with van der Waals surface area (Å²) in [5.74, 6) is 2.75. The number of rotatable bonds is 16. The Morgan fingerprint density at radius 2 is 1.76 bits per heavy atom. The normalized spacial score (nSPS) is 12.7. The van der Waals surface area contributed by atoms with Gasteiger partial charge in [-0.25, -0.2) is 4.79 Å². The summed E-state index contributed by atoms with van der Waals surface area (Å²) < 4.78 is 5.45. The molecule has 0 fully saturated rings. The van der Waals surface area contributed by atoms with Crippen LogP contribution in [0.5, 0.6) is 0 Å². The molecule has 0 aliphatic carbocycles. The van der Waals surface area contributed by atoms with E-state index < -0.39 is 23.8 Å². The van der Waals surface area contributed by atoms with Gasteiger partial charge in [-0.3, -0.25) is 9.59 Å². The molecule has 1 rings (SSSR count). The van der Waals surface area contributed by atoms with Crippen molar-refractivity contribution in [3.05, 3.63) is 35.4 Å².